The molecule has 0 spiro atoms. The highest BCUT2D eigenvalue weighted by Crippen LogP contribution is 2.26. The van der Waals surface area contributed by atoms with Crippen LogP contribution in [0.5, 0.6) is 0 Å². The fraction of sp³-hybridized carbons (Fsp3) is 0.261. The lowest BCUT2D eigenvalue weighted by molar-refractivity contribution is -0.122. The molecule has 31 heavy (non-hydrogen) atoms. The number of aromatic nitrogens is 3. The van der Waals surface area contributed by atoms with Crippen LogP contribution in [0, 0.1) is 5.82 Å². The van der Waals surface area contributed by atoms with Crippen LogP contribution in [0.15, 0.2) is 53.6 Å². The summed E-state index contributed by atoms with van der Waals surface area (Å²) in [6.45, 7) is 4.06. The van der Waals surface area contributed by atoms with Gasteiger partial charge in [0.2, 0.25) is 5.91 Å². The van der Waals surface area contributed by atoms with Crippen molar-refractivity contribution in [2.24, 2.45) is 0 Å². The van der Waals surface area contributed by atoms with Crippen molar-refractivity contribution in [2.45, 2.75) is 39.4 Å². The summed E-state index contributed by atoms with van der Waals surface area (Å²) in [5.41, 5.74) is 1.66. The highest BCUT2D eigenvalue weighted by atomic mass is 35.5. The Labute approximate surface area is 183 Å². The van der Waals surface area contributed by atoms with E-state index in [9.17, 15) is 14.0 Å². The molecule has 0 aliphatic rings. The van der Waals surface area contributed by atoms with Crippen molar-refractivity contribution in [1.29, 1.82) is 0 Å². The minimum atomic E-state index is -0.433. The van der Waals surface area contributed by atoms with Crippen molar-refractivity contribution in [3.63, 3.8) is 0 Å². The van der Waals surface area contributed by atoms with Crippen LogP contribution in [0.2, 0.25) is 5.02 Å². The molecule has 160 valence electrons. The number of amides is 1. The van der Waals surface area contributed by atoms with Crippen LogP contribution >= 0.6 is 11.6 Å². The van der Waals surface area contributed by atoms with E-state index in [-0.39, 0.29) is 36.1 Å². The van der Waals surface area contributed by atoms with Gasteiger partial charge in [0, 0.05) is 16.5 Å². The quantitative estimate of drug-likeness (QED) is 0.490. The number of benzene rings is 2. The van der Waals surface area contributed by atoms with E-state index < -0.39 is 5.82 Å². The Morgan fingerprint density at radius 3 is 2.77 bits per heavy atom. The number of fused-ring (bicyclic) bond motifs is 3. The lowest BCUT2D eigenvalue weighted by atomic mass is 10.2. The molecular weight excluding hydrogens is 419 g/mol. The number of hydrogen-bond acceptors (Lipinski definition) is 3. The largest absolute Gasteiger partial charge is 0.352 e. The van der Waals surface area contributed by atoms with Gasteiger partial charge in [-0.25, -0.2) is 9.37 Å². The summed E-state index contributed by atoms with van der Waals surface area (Å²) in [6.07, 6.45) is 2.22. The third-order valence-electron chi connectivity index (χ3n) is 5.41. The minimum absolute atomic E-state index is 0.00744. The van der Waals surface area contributed by atoms with E-state index in [2.05, 4.69) is 10.3 Å². The van der Waals surface area contributed by atoms with E-state index in [0.717, 1.165) is 12.0 Å². The summed E-state index contributed by atoms with van der Waals surface area (Å²) in [7, 11) is 0. The first kappa shape index (κ1) is 21.1. The summed E-state index contributed by atoms with van der Waals surface area (Å²) in [5, 5.41) is 3.95. The van der Waals surface area contributed by atoms with Gasteiger partial charge in [0.05, 0.1) is 18.4 Å². The normalized spacial score (nSPS) is 12.4. The zero-order valence-corrected chi connectivity index (χ0v) is 18.0. The SMILES string of the molecule is CCC(C)NC(=O)Cn1c2ccc(F)cc2c2ncn(Cc3ccccc3Cl)c(=O)c21. The molecule has 1 N–H and O–H groups in total. The number of carbonyl (C=O) groups is 1. The monoisotopic (exact) mass is 440 g/mol. The number of halogens is 2. The second-order valence-electron chi connectivity index (χ2n) is 7.59. The molecule has 0 aliphatic carbocycles. The highest BCUT2D eigenvalue weighted by Gasteiger charge is 2.19. The predicted molar refractivity (Wildman–Crippen MR) is 120 cm³/mol. The number of hydrogen-bond donors (Lipinski definition) is 1. The molecule has 4 rings (SSSR count). The number of nitrogens with one attached hydrogen (secondary N) is 1. The van der Waals surface area contributed by atoms with E-state index >= 15 is 0 Å². The standard InChI is InChI=1S/C23H22ClFN4O2/c1-3-14(2)27-20(30)12-29-19-9-8-16(25)10-17(19)21-22(29)23(31)28(13-26-21)11-15-6-4-5-7-18(15)24/h4-10,13-14H,3,11-12H2,1-2H3,(H,27,30). The van der Waals surface area contributed by atoms with Gasteiger partial charge in [0.1, 0.15) is 23.4 Å². The lowest BCUT2D eigenvalue weighted by Crippen LogP contribution is -2.35. The molecule has 2 heterocycles. The average Bonchev–Trinajstić information content (AvgIpc) is 3.04. The van der Waals surface area contributed by atoms with Crippen LogP contribution in [0.3, 0.4) is 0 Å². The predicted octanol–water partition coefficient (Wildman–Crippen LogP) is 4.11. The maximum Gasteiger partial charge on any atom is 0.278 e. The van der Waals surface area contributed by atoms with Crippen LogP contribution in [0.1, 0.15) is 25.8 Å². The molecule has 1 atom stereocenters. The summed E-state index contributed by atoms with van der Waals surface area (Å²) >= 11 is 6.25. The smallest absolute Gasteiger partial charge is 0.278 e. The number of carbonyl (C=O) groups excluding carboxylic acids is 1. The van der Waals surface area contributed by atoms with Crippen LogP contribution in [-0.2, 0) is 17.9 Å². The van der Waals surface area contributed by atoms with Crippen LogP contribution in [-0.4, -0.2) is 26.1 Å². The first-order valence-corrected chi connectivity index (χ1v) is 10.5. The van der Waals surface area contributed by atoms with Gasteiger partial charge < -0.3 is 9.88 Å². The van der Waals surface area contributed by atoms with Crippen molar-refractivity contribution < 1.29 is 9.18 Å². The minimum Gasteiger partial charge on any atom is -0.352 e. The zero-order valence-electron chi connectivity index (χ0n) is 17.2. The van der Waals surface area contributed by atoms with E-state index in [0.29, 0.717) is 21.4 Å². The first-order valence-electron chi connectivity index (χ1n) is 10.1. The van der Waals surface area contributed by atoms with Crippen molar-refractivity contribution in [2.75, 3.05) is 0 Å². The van der Waals surface area contributed by atoms with E-state index in [4.69, 9.17) is 11.6 Å². The van der Waals surface area contributed by atoms with Gasteiger partial charge in [-0.2, -0.15) is 0 Å². The maximum absolute atomic E-state index is 14.0. The Kier molecular flexibility index (Phi) is 5.78. The van der Waals surface area contributed by atoms with Crippen LogP contribution in [0.4, 0.5) is 4.39 Å². The second-order valence-corrected chi connectivity index (χ2v) is 8.00. The topological polar surface area (TPSA) is 68.9 Å². The summed E-state index contributed by atoms with van der Waals surface area (Å²) < 4.78 is 17.0. The Hall–Kier alpha value is -3.19. The van der Waals surface area contributed by atoms with Crippen molar-refractivity contribution in [3.05, 3.63) is 75.5 Å². The Morgan fingerprint density at radius 1 is 1.26 bits per heavy atom. The van der Waals surface area contributed by atoms with Crippen molar-refractivity contribution >= 4 is 39.4 Å². The molecular formula is C23H22ClFN4O2. The third-order valence-corrected chi connectivity index (χ3v) is 5.78. The Morgan fingerprint density at radius 2 is 2.03 bits per heavy atom. The molecule has 0 bridgehead atoms. The van der Waals surface area contributed by atoms with Crippen molar-refractivity contribution in [3.8, 4) is 0 Å². The van der Waals surface area contributed by atoms with Crippen LogP contribution < -0.4 is 10.9 Å². The third kappa shape index (κ3) is 4.05. The van der Waals surface area contributed by atoms with E-state index in [1.165, 1.54) is 23.0 Å². The molecule has 1 unspecified atom stereocenters. The average molecular weight is 441 g/mol. The molecule has 0 fully saturated rings. The van der Waals surface area contributed by atoms with Crippen LogP contribution in [0.25, 0.3) is 21.9 Å². The Balaban J connectivity index is 1.87. The van der Waals surface area contributed by atoms with Gasteiger partial charge in [0.15, 0.2) is 0 Å². The van der Waals surface area contributed by atoms with Gasteiger partial charge in [-0.1, -0.05) is 36.7 Å². The summed E-state index contributed by atoms with van der Waals surface area (Å²) in [6, 6.07) is 11.5. The Bertz CT molecular complexity index is 1340. The van der Waals surface area contributed by atoms with Crippen molar-refractivity contribution in [1.82, 2.24) is 19.4 Å². The summed E-state index contributed by atoms with van der Waals surface area (Å²) in [4.78, 5) is 30.5. The van der Waals surface area contributed by atoms with Gasteiger partial charge in [-0.3, -0.25) is 14.2 Å². The van der Waals surface area contributed by atoms with Gasteiger partial charge >= 0.3 is 0 Å². The fourth-order valence-corrected chi connectivity index (χ4v) is 3.82. The van der Waals surface area contributed by atoms with Gasteiger partial charge in [-0.05, 0) is 43.2 Å². The number of nitrogens with zero attached hydrogens (tertiary/aromatic N) is 3. The molecule has 0 saturated heterocycles. The molecule has 4 aromatic rings. The molecule has 8 heteroatoms. The van der Waals surface area contributed by atoms with Gasteiger partial charge in [-0.15, -0.1) is 0 Å². The zero-order chi connectivity index (χ0) is 22.1. The number of rotatable bonds is 6. The maximum atomic E-state index is 14.0. The first-order chi connectivity index (χ1) is 14.9. The lowest BCUT2D eigenvalue weighted by Gasteiger charge is -2.13. The molecule has 2 aromatic carbocycles. The molecule has 2 aromatic heterocycles. The van der Waals surface area contributed by atoms with Gasteiger partial charge in [0.25, 0.3) is 5.56 Å². The summed E-state index contributed by atoms with van der Waals surface area (Å²) in [5.74, 6) is -0.656. The molecule has 1 amide bonds. The van der Waals surface area contributed by atoms with E-state index in [1.807, 2.05) is 32.0 Å². The molecule has 0 aliphatic heterocycles. The molecule has 6 nitrogen and oxygen atoms in total. The fourth-order valence-electron chi connectivity index (χ4n) is 3.63. The van der Waals surface area contributed by atoms with E-state index in [1.54, 1.807) is 16.7 Å². The molecule has 0 saturated carbocycles. The second kappa shape index (κ2) is 8.51. The highest BCUT2D eigenvalue weighted by molar-refractivity contribution is 6.31. The molecule has 0 radical (unpaired) electrons.